The van der Waals surface area contributed by atoms with Gasteiger partial charge in [0.1, 0.15) is 17.3 Å². The highest BCUT2D eigenvalue weighted by molar-refractivity contribution is 5.69. The number of rotatable bonds is 9. The van der Waals surface area contributed by atoms with Crippen LogP contribution in [0.25, 0.3) is 0 Å². The van der Waals surface area contributed by atoms with E-state index in [-0.39, 0.29) is 29.7 Å². The Bertz CT molecular complexity index is 1230. The summed E-state index contributed by atoms with van der Waals surface area (Å²) in [5, 5.41) is 0. The van der Waals surface area contributed by atoms with E-state index < -0.39 is 0 Å². The molecule has 4 nitrogen and oxygen atoms in total. The molecule has 2 aliphatic carbocycles. The minimum absolute atomic E-state index is 0.0858. The molecule has 0 aliphatic heterocycles. The van der Waals surface area contributed by atoms with Gasteiger partial charge < -0.3 is 14.2 Å². The minimum Gasteiger partial charge on any atom is -0.497 e. The van der Waals surface area contributed by atoms with E-state index in [1.807, 2.05) is 25.1 Å². The SMILES string of the molecule is CCOC(=O)CCC1CCC(Oc2ccc(C3c4ccc(OC)cc4CCC3c3ccc(F)cc3)cc2)CC1. The number of hydrogen-bond donors (Lipinski definition) is 0. The van der Waals surface area contributed by atoms with Gasteiger partial charge in [-0.3, -0.25) is 4.79 Å². The summed E-state index contributed by atoms with van der Waals surface area (Å²) in [6.07, 6.45) is 7.80. The first-order valence-corrected chi connectivity index (χ1v) is 14.4. The molecule has 0 saturated heterocycles. The van der Waals surface area contributed by atoms with E-state index >= 15 is 0 Å². The van der Waals surface area contributed by atoms with Crippen LogP contribution >= 0.6 is 0 Å². The molecule has 0 N–H and O–H groups in total. The van der Waals surface area contributed by atoms with Gasteiger partial charge in [-0.15, -0.1) is 0 Å². The van der Waals surface area contributed by atoms with Crippen LogP contribution in [0.5, 0.6) is 11.5 Å². The van der Waals surface area contributed by atoms with Crippen LogP contribution < -0.4 is 9.47 Å². The van der Waals surface area contributed by atoms with Gasteiger partial charge in [0, 0.05) is 12.3 Å². The highest BCUT2D eigenvalue weighted by Gasteiger charge is 2.32. The number of benzene rings is 3. The van der Waals surface area contributed by atoms with Crippen LogP contribution in [-0.2, 0) is 16.0 Å². The Morgan fingerprint density at radius 1 is 0.872 bits per heavy atom. The molecule has 5 heteroatoms. The van der Waals surface area contributed by atoms with Gasteiger partial charge in [0.25, 0.3) is 0 Å². The molecule has 0 aromatic heterocycles. The predicted molar refractivity (Wildman–Crippen MR) is 151 cm³/mol. The van der Waals surface area contributed by atoms with Crippen LogP contribution in [0.15, 0.2) is 66.7 Å². The average molecular weight is 531 g/mol. The third kappa shape index (κ3) is 6.63. The van der Waals surface area contributed by atoms with E-state index in [0.29, 0.717) is 18.9 Å². The predicted octanol–water partition coefficient (Wildman–Crippen LogP) is 7.98. The van der Waals surface area contributed by atoms with Crippen molar-refractivity contribution in [1.29, 1.82) is 0 Å². The van der Waals surface area contributed by atoms with Gasteiger partial charge in [-0.1, -0.05) is 30.3 Å². The largest absolute Gasteiger partial charge is 0.497 e. The standard InChI is InChI=1S/C34H39FO4/c1-3-38-33(36)21-6-23-4-14-28(15-5-23)39-29-16-9-25(10-17-29)34-31(24-7-12-27(35)13-8-24)19-11-26-22-30(37-2)18-20-32(26)34/h7-10,12-13,16-18,20,22-23,28,31,34H,3-6,11,14-15,19,21H2,1-2H3. The third-order valence-electron chi connectivity index (χ3n) is 8.51. The summed E-state index contributed by atoms with van der Waals surface area (Å²) in [5.74, 6) is 2.51. The average Bonchev–Trinajstić information content (AvgIpc) is 2.97. The van der Waals surface area contributed by atoms with Gasteiger partial charge >= 0.3 is 5.97 Å². The van der Waals surface area contributed by atoms with E-state index in [9.17, 15) is 9.18 Å². The molecule has 2 aliphatic rings. The number of carbonyl (C=O) groups is 1. The van der Waals surface area contributed by atoms with E-state index in [1.165, 1.54) is 22.3 Å². The van der Waals surface area contributed by atoms with Crippen molar-refractivity contribution >= 4 is 5.97 Å². The van der Waals surface area contributed by atoms with Crippen LogP contribution in [0.3, 0.4) is 0 Å². The molecule has 2 unspecified atom stereocenters. The Balaban J connectivity index is 1.28. The topological polar surface area (TPSA) is 44.8 Å². The molecule has 5 rings (SSSR count). The van der Waals surface area contributed by atoms with Gasteiger partial charge in [-0.2, -0.15) is 0 Å². The maximum atomic E-state index is 13.7. The molecule has 1 fully saturated rings. The first-order valence-electron chi connectivity index (χ1n) is 14.4. The highest BCUT2D eigenvalue weighted by Crippen LogP contribution is 2.47. The molecule has 0 radical (unpaired) electrons. The highest BCUT2D eigenvalue weighted by atomic mass is 19.1. The van der Waals surface area contributed by atoms with E-state index in [1.54, 1.807) is 19.2 Å². The summed E-state index contributed by atoms with van der Waals surface area (Å²) in [6.45, 7) is 2.30. The summed E-state index contributed by atoms with van der Waals surface area (Å²) in [4.78, 5) is 11.7. The molecule has 3 aromatic rings. The fourth-order valence-corrected chi connectivity index (χ4v) is 6.44. The number of ether oxygens (including phenoxy) is 3. The van der Waals surface area contributed by atoms with Crippen molar-refractivity contribution in [3.05, 3.63) is 94.8 Å². The summed E-state index contributed by atoms with van der Waals surface area (Å²) < 4.78 is 30.7. The van der Waals surface area contributed by atoms with Crippen LogP contribution in [0.2, 0.25) is 0 Å². The zero-order valence-electron chi connectivity index (χ0n) is 23.0. The Labute approximate surface area is 231 Å². The normalized spacial score (nSPS) is 22.5. The number of esters is 1. The Kier molecular flexibility index (Phi) is 8.85. The fraction of sp³-hybridized carbons (Fsp3) is 0.441. The van der Waals surface area contributed by atoms with Crippen molar-refractivity contribution in [3.8, 4) is 11.5 Å². The first kappa shape index (κ1) is 27.2. The third-order valence-corrected chi connectivity index (χ3v) is 8.51. The molecular formula is C34H39FO4. The van der Waals surface area contributed by atoms with E-state index in [0.717, 1.165) is 56.4 Å². The summed E-state index contributed by atoms with van der Waals surface area (Å²) in [7, 11) is 1.71. The fourth-order valence-electron chi connectivity index (χ4n) is 6.44. The second kappa shape index (κ2) is 12.7. The minimum atomic E-state index is -0.203. The van der Waals surface area contributed by atoms with E-state index in [2.05, 4.69) is 36.4 Å². The Hall–Kier alpha value is -3.34. The lowest BCUT2D eigenvalue weighted by atomic mass is 9.69. The second-order valence-electron chi connectivity index (χ2n) is 10.9. The molecule has 206 valence electrons. The first-order chi connectivity index (χ1) is 19.0. The van der Waals surface area contributed by atoms with Crippen molar-refractivity contribution < 1.29 is 23.4 Å². The second-order valence-corrected chi connectivity index (χ2v) is 10.9. The van der Waals surface area contributed by atoms with Crippen LogP contribution in [0.1, 0.15) is 86.0 Å². The lowest BCUT2D eigenvalue weighted by Gasteiger charge is -2.35. The molecule has 39 heavy (non-hydrogen) atoms. The molecule has 1 saturated carbocycles. The van der Waals surface area contributed by atoms with Crippen molar-refractivity contribution in [3.63, 3.8) is 0 Å². The molecule has 2 atom stereocenters. The maximum absolute atomic E-state index is 13.7. The number of carbonyl (C=O) groups excluding carboxylic acids is 1. The molecular weight excluding hydrogens is 491 g/mol. The van der Waals surface area contributed by atoms with Gasteiger partial charge in [0.2, 0.25) is 0 Å². The quantitative estimate of drug-likeness (QED) is 0.263. The molecule has 0 bridgehead atoms. The molecule has 0 heterocycles. The number of methoxy groups -OCH3 is 1. The Morgan fingerprint density at radius 2 is 1.56 bits per heavy atom. The molecule has 0 amide bonds. The summed E-state index contributed by atoms with van der Waals surface area (Å²) in [5.41, 5.74) is 5.04. The zero-order valence-corrected chi connectivity index (χ0v) is 23.0. The molecule has 3 aromatic carbocycles. The van der Waals surface area contributed by atoms with Crippen LogP contribution in [0.4, 0.5) is 4.39 Å². The van der Waals surface area contributed by atoms with Gasteiger partial charge in [-0.25, -0.2) is 4.39 Å². The number of hydrogen-bond acceptors (Lipinski definition) is 4. The smallest absolute Gasteiger partial charge is 0.305 e. The van der Waals surface area contributed by atoms with Crippen molar-refractivity contribution in [2.75, 3.05) is 13.7 Å². The van der Waals surface area contributed by atoms with Crippen LogP contribution in [-0.4, -0.2) is 25.8 Å². The summed E-state index contributed by atoms with van der Waals surface area (Å²) >= 11 is 0. The van der Waals surface area contributed by atoms with Gasteiger partial charge in [0.15, 0.2) is 0 Å². The van der Waals surface area contributed by atoms with Crippen molar-refractivity contribution in [2.45, 2.75) is 76.2 Å². The number of aryl methyl sites for hydroxylation is 1. The van der Waals surface area contributed by atoms with E-state index in [4.69, 9.17) is 14.2 Å². The zero-order chi connectivity index (χ0) is 27.2. The van der Waals surface area contributed by atoms with Crippen LogP contribution in [0, 0.1) is 11.7 Å². The monoisotopic (exact) mass is 530 g/mol. The van der Waals surface area contributed by atoms with Gasteiger partial charge in [0.05, 0.1) is 19.8 Å². The maximum Gasteiger partial charge on any atom is 0.305 e. The lowest BCUT2D eigenvalue weighted by Crippen LogP contribution is -2.24. The Morgan fingerprint density at radius 3 is 2.26 bits per heavy atom. The lowest BCUT2D eigenvalue weighted by molar-refractivity contribution is -0.143. The van der Waals surface area contributed by atoms with Crippen molar-refractivity contribution in [2.24, 2.45) is 5.92 Å². The van der Waals surface area contributed by atoms with Gasteiger partial charge in [-0.05, 0) is 122 Å². The van der Waals surface area contributed by atoms with Crippen molar-refractivity contribution in [1.82, 2.24) is 0 Å². The number of halogens is 1. The molecule has 0 spiro atoms. The number of fused-ring (bicyclic) bond motifs is 1. The summed E-state index contributed by atoms with van der Waals surface area (Å²) in [6, 6.07) is 22.0.